The second kappa shape index (κ2) is 7.25. The van der Waals surface area contributed by atoms with Gasteiger partial charge in [0.25, 0.3) is 0 Å². The van der Waals surface area contributed by atoms with Crippen LogP contribution < -0.4 is 11.1 Å². The average molecular weight is 268 g/mol. The molecule has 19 heavy (non-hydrogen) atoms. The third kappa shape index (κ3) is 5.11. The number of aliphatic hydroxyl groups is 1. The Morgan fingerprint density at radius 2 is 1.68 bits per heavy atom. The van der Waals surface area contributed by atoms with E-state index in [4.69, 9.17) is 5.73 Å². The van der Waals surface area contributed by atoms with E-state index in [1.165, 1.54) is 12.8 Å². The van der Waals surface area contributed by atoms with Gasteiger partial charge in [0.15, 0.2) is 0 Å². The Morgan fingerprint density at radius 1 is 1.05 bits per heavy atom. The van der Waals surface area contributed by atoms with E-state index in [0.29, 0.717) is 18.4 Å². The molecule has 0 aromatic rings. The quantitative estimate of drug-likeness (QED) is 0.726. The Kier molecular flexibility index (Phi) is 5.64. The van der Waals surface area contributed by atoms with Crippen molar-refractivity contribution in [1.29, 1.82) is 0 Å². The normalized spacial score (nSPS) is 35.9. The van der Waals surface area contributed by atoms with Crippen LogP contribution >= 0.6 is 0 Å². The summed E-state index contributed by atoms with van der Waals surface area (Å²) in [6, 6.07) is 0.675. The molecule has 110 valence electrons. The van der Waals surface area contributed by atoms with Gasteiger partial charge < -0.3 is 16.2 Å². The molecule has 0 aliphatic heterocycles. The third-order valence-corrected chi connectivity index (χ3v) is 4.73. The molecule has 2 rings (SSSR count). The minimum atomic E-state index is -0.153. The number of hydrogen-bond acceptors (Lipinski definition) is 3. The van der Waals surface area contributed by atoms with E-state index in [1.54, 1.807) is 0 Å². The van der Waals surface area contributed by atoms with Crippen molar-refractivity contribution in [2.24, 2.45) is 11.7 Å². The van der Waals surface area contributed by atoms with Crippen LogP contribution in [-0.4, -0.2) is 29.2 Å². The maximum atomic E-state index is 11.9. The summed E-state index contributed by atoms with van der Waals surface area (Å²) in [5.41, 5.74) is 5.89. The van der Waals surface area contributed by atoms with Gasteiger partial charge in [-0.2, -0.15) is 0 Å². The summed E-state index contributed by atoms with van der Waals surface area (Å²) in [6.45, 7) is 0. The lowest BCUT2D eigenvalue weighted by Crippen LogP contribution is -2.38. The molecule has 2 aliphatic carbocycles. The standard InChI is InChI=1S/C15H28N2O2/c16-12-4-1-11(2-5-12)3-10-15(19)17-13-6-8-14(18)9-7-13/h11-14,18H,1-10,16H2,(H,17,19). The summed E-state index contributed by atoms with van der Waals surface area (Å²) in [7, 11) is 0. The zero-order valence-electron chi connectivity index (χ0n) is 11.8. The zero-order chi connectivity index (χ0) is 13.7. The Morgan fingerprint density at radius 3 is 2.32 bits per heavy atom. The van der Waals surface area contributed by atoms with Crippen LogP contribution in [0.4, 0.5) is 0 Å². The monoisotopic (exact) mass is 268 g/mol. The smallest absolute Gasteiger partial charge is 0.220 e. The highest BCUT2D eigenvalue weighted by molar-refractivity contribution is 5.76. The predicted octanol–water partition coefficient (Wildman–Crippen LogP) is 1.70. The van der Waals surface area contributed by atoms with Crippen LogP contribution in [0.1, 0.15) is 64.2 Å². The van der Waals surface area contributed by atoms with E-state index in [9.17, 15) is 9.90 Å². The molecule has 0 bridgehead atoms. The highest BCUT2D eigenvalue weighted by Gasteiger charge is 2.22. The molecule has 0 radical (unpaired) electrons. The molecule has 0 saturated heterocycles. The summed E-state index contributed by atoms with van der Waals surface area (Å²) in [5, 5.41) is 12.5. The molecule has 0 aromatic heterocycles. The van der Waals surface area contributed by atoms with Crippen LogP contribution in [0.15, 0.2) is 0 Å². The van der Waals surface area contributed by atoms with Crippen LogP contribution in [0.5, 0.6) is 0 Å². The summed E-state index contributed by atoms with van der Waals surface area (Å²) >= 11 is 0. The molecular formula is C15H28N2O2. The molecule has 2 saturated carbocycles. The summed E-state index contributed by atoms with van der Waals surface area (Å²) in [5.74, 6) is 0.884. The van der Waals surface area contributed by atoms with E-state index in [1.807, 2.05) is 0 Å². The Labute approximate surface area is 116 Å². The maximum absolute atomic E-state index is 11.9. The molecule has 0 spiro atoms. The second-order valence-electron chi connectivity index (χ2n) is 6.39. The van der Waals surface area contributed by atoms with Gasteiger partial charge in [0.05, 0.1) is 6.10 Å². The SMILES string of the molecule is NC1CCC(CCC(=O)NC2CCC(O)CC2)CC1. The lowest BCUT2D eigenvalue weighted by atomic mass is 9.83. The van der Waals surface area contributed by atoms with Crippen molar-refractivity contribution in [2.75, 3.05) is 0 Å². The molecule has 2 fully saturated rings. The summed E-state index contributed by atoms with van der Waals surface area (Å²) in [4.78, 5) is 11.9. The lowest BCUT2D eigenvalue weighted by molar-refractivity contribution is -0.122. The van der Waals surface area contributed by atoms with Crippen molar-refractivity contribution in [3.8, 4) is 0 Å². The largest absolute Gasteiger partial charge is 0.393 e. The van der Waals surface area contributed by atoms with Crippen LogP contribution in [0.2, 0.25) is 0 Å². The number of carbonyl (C=O) groups excluding carboxylic acids is 1. The number of amides is 1. The summed E-state index contributed by atoms with van der Waals surface area (Å²) in [6.07, 6.45) is 9.60. The van der Waals surface area contributed by atoms with Crippen molar-refractivity contribution in [3.63, 3.8) is 0 Å². The predicted molar refractivity (Wildman–Crippen MR) is 75.6 cm³/mol. The van der Waals surface area contributed by atoms with Gasteiger partial charge in [-0.1, -0.05) is 0 Å². The third-order valence-electron chi connectivity index (χ3n) is 4.73. The lowest BCUT2D eigenvalue weighted by Gasteiger charge is -2.27. The van der Waals surface area contributed by atoms with Crippen LogP contribution in [0, 0.1) is 5.92 Å². The molecule has 4 N–H and O–H groups in total. The Balaban J connectivity index is 1.59. The van der Waals surface area contributed by atoms with Gasteiger partial charge in [-0.25, -0.2) is 0 Å². The van der Waals surface area contributed by atoms with E-state index in [2.05, 4.69) is 5.32 Å². The molecule has 1 amide bonds. The minimum Gasteiger partial charge on any atom is -0.393 e. The van der Waals surface area contributed by atoms with E-state index in [-0.39, 0.29) is 18.1 Å². The van der Waals surface area contributed by atoms with Crippen molar-refractivity contribution in [3.05, 3.63) is 0 Å². The summed E-state index contributed by atoms with van der Waals surface area (Å²) < 4.78 is 0. The van der Waals surface area contributed by atoms with Crippen LogP contribution in [0.3, 0.4) is 0 Å². The molecule has 2 aliphatic rings. The van der Waals surface area contributed by atoms with Gasteiger partial charge in [-0.15, -0.1) is 0 Å². The zero-order valence-corrected chi connectivity index (χ0v) is 11.8. The van der Waals surface area contributed by atoms with Crippen LogP contribution in [0.25, 0.3) is 0 Å². The van der Waals surface area contributed by atoms with Gasteiger partial charge in [-0.05, 0) is 63.7 Å². The number of hydrogen-bond donors (Lipinski definition) is 3. The number of carbonyl (C=O) groups is 1. The average Bonchev–Trinajstić information content (AvgIpc) is 2.41. The number of nitrogens with one attached hydrogen (secondary N) is 1. The first-order valence-corrected chi connectivity index (χ1v) is 7.86. The van der Waals surface area contributed by atoms with Crippen molar-refractivity contribution in [1.82, 2.24) is 5.32 Å². The fraction of sp³-hybridized carbons (Fsp3) is 0.933. The fourth-order valence-corrected chi connectivity index (χ4v) is 3.33. The van der Waals surface area contributed by atoms with E-state index < -0.39 is 0 Å². The van der Waals surface area contributed by atoms with E-state index in [0.717, 1.165) is 44.9 Å². The van der Waals surface area contributed by atoms with Gasteiger partial charge in [0.1, 0.15) is 0 Å². The van der Waals surface area contributed by atoms with Gasteiger partial charge >= 0.3 is 0 Å². The maximum Gasteiger partial charge on any atom is 0.220 e. The minimum absolute atomic E-state index is 0.153. The second-order valence-corrected chi connectivity index (χ2v) is 6.39. The highest BCUT2D eigenvalue weighted by atomic mass is 16.3. The van der Waals surface area contributed by atoms with Crippen molar-refractivity contribution >= 4 is 5.91 Å². The highest BCUT2D eigenvalue weighted by Crippen LogP contribution is 2.27. The number of aliphatic hydroxyl groups excluding tert-OH is 1. The van der Waals surface area contributed by atoms with E-state index >= 15 is 0 Å². The first kappa shape index (κ1) is 14.8. The molecule has 0 aromatic carbocycles. The molecule has 0 atom stereocenters. The van der Waals surface area contributed by atoms with Gasteiger partial charge in [0.2, 0.25) is 5.91 Å². The van der Waals surface area contributed by atoms with Crippen LogP contribution in [-0.2, 0) is 4.79 Å². The molecule has 0 heterocycles. The van der Waals surface area contributed by atoms with Crippen molar-refractivity contribution in [2.45, 2.75) is 82.4 Å². The van der Waals surface area contributed by atoms with Gasteiger partial charge in [-0.3, -0.25) is 4.79 Å². The van der Waals surface area contributed by atoms with Gasteiger partial charge in [0, 0.05) is 18.5 Å². The molecule has 0 unspecified atom stereocenters. The number of nitrogens with two attached hydrogens (primary N) is 1. The molecule has 4 heteroatoms. The first-order chi connectivity index (χ1) is 9.13. The molecular weight excluding hydrogens is 240 g/mol. The topological polar surface area (TPSA) is 75.4 Å². The van der Waals surface area contributed by atoms with Crippen molar-refractivity contribution < 1.29 is 9.90 Å². The number of rotatable bonds is 4. The fourth-order valence-electron chi connectivity index (χ4n) is 3.33. The Bertz CT molecular complexity index is 280. The molecule has 4 nitrogen and oxygen atoms in total. The first-order valence-electron chi connectivity index (χ1n) is 7.86. The Hall–Kier alpha value is -0.610.